The third kappa shape index (κ3) is 2.85. The average Bonchev–Trinajstić information content (AvgIpc) is 3.10. The van der Waals surface area contributed by atoms with Crippen LogP contribution in [0.5, 0.6) is 11.5 Å². The van der Waals surface area contributed by atoms with E-state index in [9.17, 15) is 13.2 Å². The fraction of sp³-hybridized carbons (Fsp3) is 0.588. The molecule has 2 fully saturated rings. The molecule has 3 atom stereocenters. The summed E-state index contributed by atoms with van der Waals surface area (Å²) in [5, 5.41) is 0. The Balaban J connectivity index is 1.52. The highest BCUT2D eigenvalue weighted by atomic mass is 32.2. The normalized spacial score (nSPS) is 28.4. The first kappa shape index (κ1) is 15.7. The molecule has 2 saturated carbocycles. The van der Waals surface area contributed by atoms with E-state index in [0.29, 0.717) is 36.5 Å². The van der Waals surface area contributed by atoms with Gasteiger partial charge in [-0.05, 0) is 43.2 Å². The number of amides is 1. The molecule has 3 aliphatic rings. The molecule has 1 heterocycles. The molecule has 1 aliphatic heterocycles. The van der Waals surface area contributed by atoms with Crippen LogP contribution >= 0.6 is 0 Å². The van der Waals surface area contributed by atoms with Gasteiger partial charge in [0.05, 0.1) is 18.1 Å². The summed E-state index contributed by atoms with van der Waals surface area (Å²) in [7, 11) is -3.89. The minimum atomic E-state index is -3.89. The minimum Gasteiger partial charge on any atom is -0.490 e. The molecule has 2 aliphatic carbocycles. The van der Waals surface area contributed by atoms with Crippen LogP contribution in [0.4, 0.5) is 0 Å². The summed E-state index contributed by atoms with van der Waals surface area (Å²) in [6, 6.07) is 4.46. The molecule has 0 radical (unpaired) electrons. The molecule has 24 heavy (non-hydrogen) atoms. The highest BCUT2D eigenvalue weighted by Crippen LogP contribution is 2.48. The van der Waals surface area contributed by atoms with Crippen molar-refractivity contribution in [1.82, 2.24) is 4.72 Å². The maximum absolute atomic E-state index is 12.5. The van der Waals surface area contributed by atoms with Crippen molar-refractivity contribution in [2.24, 2.45) is 17.8 Å². The third-order valence-electron chi connectivity index (χ3n) is 5.34. The van der Waals surface area contributed by atoms with Crippen molar-refractivity contribution in [3.63, 3.8) is 0 Å². The van der Waals surface area contributed by atoms with Crippen molar-refractivity contribution in [3.8, 4) is 11.5 Å². The first-order valence-corrected chi connectivity index (χ1v) is 9.97. The number of benzene rings is 1. The standard InChI is InChI=1S/C17H21NO5S/c19-17(14-9-11-2-3-12(14)8-11)18-24(20,21)13-4-5-15-16(10-13)23-7-1-6-22-15/h4-5,10-12,14H,1-3,6-9H2,(H,18,19)/t11-,12-,14-/m0/s1. The van der Waals surface area contributed by atoms with Crippen LogP contribution in [0.1, 0.15) is 32.1 Å². The van der Waals surface area contributed by atoms with Gasteiger partial charge in [0.25, 0.3) is 10.0 Å². The summed E-state index contributed by atoms with van der Waals surface area (Å²) in [5.74, 6) is 1.34. The Labute approximate surface area is 141 Å². The molecule has 130 valence electrons. The number of carbonyl (C=O) groups is 1. The van der Waals surface area contributed by atoms with Gasteiger partial charge in [-0.25, -0.2) is 13.1 Å². The minimum absolute atomic E-state index is 0.0308. The van der Waals surface area contributed by atoms with Gasteiger partial charge in [0.2, 0.25) is 5.91 Å². The first-order chi connectivity index (χ1) is 11.5. The topological polar surface area (TPSA) is 81.7 Å². The zero-order chi connectivity index (χ0) is 16.7. The van der Waals surface area contributed by atoms with Crippen LogP contribution in [0, 0.1) is 17.8 Å². The number of nitrogens with one attached hydrogen (secondary N) is 1. The summed E-state index contributed by atoms with van der Waals surface area (Å²) in [6.07, 6.45) is 4.82. The number of fused-ring (bicyclic) bond motifs is 3. The van der Waals surface area contributed by atoms with E-state index in [1.807, 2.05) is 0 Å². The highest BCUT2D eigenvalue weighted by molar-refractivity contribution is 7.90. The van der Waals surface area contributed by atoms with Gasteiger partial charge in [-0.15, -0.1) is 0 Å². The number of hydrogen-bond donors (Lipinski definition) is 1. The van der Waals surface area contributed by atoms with E-state index < -0.39 is 10.0 Å². The molecular formula is C17H21NO5S. The van der Waals surface area contributed by atoms with Crippen molar-refractivity contribution in [1.29, 1.82) is 0 Å². The highest BCUT2D eigenvalue weighted by Gasteiger charge is 2.44. The Bertz CT molecular complexity index is 760. The number of carbonyl (C=O) groups excluding carboxylic acids is 1. The number of hydrogen-bond acceptors (Lipinski definition) is 5. The van der Waals surface area contributed by atoms with Crippen molar-refractivity contribution < 1.29 is 22.7 Å². The molecule has 1 amide bonds. The predicted molar refractivity (Wildman–Crippen MR) is 86.3 cm³/mol. The maximum Gasteiger partial charge on any atom is 0.264 e. The van der Waals surface area contributed by atoms with Gasteiger partial charge in [0.15, 0.2) is 11.5 Å². The van der Waals surface area contributed by atoms with Gasteiger partial charge in [-0.2, -0.15) is 0 Å². The molecule has 1 N–H and O–H groups in total. The Hall–Kier alpha value is -1.76. The molecule has 7 heteroatoms. The summed E-state index contributed by atoms with van der Waals surface area (Å²) >= 11 is 0. The molecule has 0 spiro atoms. The summed E-state index contributed by atoms with van der Waals surface area (Å²) < 4.78 is 38.4. The van der Waals surface area contributed by atoms with Crippen molar-refractivity contribution in [3.05, 3.63) is 18.2 Å². The van der Waals surface area contributed by atoms with Gasteiger partial charge in [-0.3, -0.25) is 4.79 Å². The van der Waals surface area contributed by atoms with Gasteiger partial charge >= 0.3 is 0 Å². The zero-order valence-corrected chi connectivity index (χ0v) is 14.2. The number of rotatable bonds is 3. The largest absolute Gasteiger partial charge is 0.490 e. The van der Waals surface area contributed by atoms with E-state index in [-0.39, 0.29) is 16.7 Å². The molecule has 2 bridgehead atoms. The van der Waals surface area contributed by atoms with Crippen molar-refractivity contribution in [2.75, 3.05) is 13.2 Å². The van der Waals surface area contributed by atoms with Gasteiger partial charge < -0.3 is 9.47 Å². The Morgan fingerprint density at radius 3 is 2.58 bits per heavy atom. The molecule has 4 rings (SSSR count). The lowest BCUT2D eigenvalue weighted by Crippen LogP contribution is -2.37. The van der Waals surface area contributed by atoms with E-state index in [1.165, 1.54) is 18.6 Å². The molecule has 1 aromatic rings. The molecule has 1 aromatic carbocycles. The molecule has 0 aromatic heterocycles. The molecule has 6 nitrogen and oxygen atoms in total. The lowest BCUT2D eigenvalue weighted by molar-refractivity contribution is -0.124. The van der Waals surface area contributed by atoms with E-state index in [0.717, 1.165) is 25.7 Å². The maximum atomic E-state index is 12.5. The van der Waals surface area contributed by atoms with Crippen molar-refractivity contribution >= 4 is 15.9 Å². The van der Waals surface area contributed by atoms with Gasteiger partial charge in [0, 0.05) is 18.4 Å². The fourth-order valence-corrected chi connectivity index (χ4v) is 5.19. The van der Waals surface area contributed by atoms with E-state index in [4.69, 9.17) is 9.47 Å². The van der Waals surface area contributed by atoms with Gasteiger partial charge in [0.1, 0.15) is 0 Å². The summed E-state index contributed by atoms with van der Waals surface area (Å²) in [6.45, 7) is 1.02. The lowest BCUT2D eigenvalue weighted by atomic mass is 9.88. The van der Waals surface area contributed by atoms with Gasteiger partial charge in [-0.1, -0.05) is 6.42 Å². The zero-order valence-electron chi connectivity index (χ0n) is 13.4. The van der Waals surface area contributed by atoms with Crippen LogP contribution in [0.3, 0.4) is 0 Å². The molecular weight excluding hydrogens is 330 g/mol. The smallest absolute Gasteiger partial charge is 0.264 e. The molecule has 0 saturated heterocycles. The Morgan fingerprint density at radius 2 is 1.88 bits per heavy atom. The Kier molecular flexibility index (Phi) is 3.90. The summed E-state index contributed by atoms with van der Waals surface area (Å²) in [4.78, 5) is 12.5. The quantitative estimate of drug-likeness (QED) is 0.902. The predicted octanol–water partition coefficient (Wildman–Crippen LogP) is 2.09. The average molecular weight is 351 g/mol. The van der Waals surface area contributed by atoms with E-state index >= 15 is 0 Å². The van der Waals surface area contributed by atoms with Crippen molar-refractivity contribution in [2.45, 2.75) is 37.0 Å². The van der Waals surface area contributed by atoms with Crippen LogP contribution in [-0.2, 0) is 14.8 Å². The second-order valence-corrected chi connectivity index (χ2v) is 8.59. The second kappa shape index (κ2) is 5.95. The van der Waals surface area contributed by atoms with Crippen LogP contribution in [0.2, 0.25) is 0 Å². The van der Waals surface area contributed by atoms with Crippen LogP contribution in [0.25, 0.3) is 0 Å². The fourth-order valence-electron chi connectivity index (χ4n) is 4.14. The SMILES string of the molecule is O=C(NS(=O)(=O)c1ccc2c(c1)OCCCO2)[C@H]1C[C@H]2CC[C@H]1C2. The van der Waals surface area contributed by atoms with Crippen LogP contribution in [0.15, 0.2) is 23.1 Å². The van der Waals surface area contributed by atoms with Crippen LogP contribution < -0.4 is 14.2 Å². The van der Waals surface area contributed by atoms with Crippen LogP contribution in [-0.4, -0.2) is 27.5 Å². The summed E-state index contributed by atoms with van der Waals surface area (Å²) in [5.41, 5.74) is 0. The first-order valence-electron chi connectivity index (χ1n) is 8.49. The van der Waals surface area contributed by atoms with E-state index in [1.54, 1.807) is 6.07 Å². The monoisotopic (exact) mass is 351 g/mol. The lowest BCUT2D eigenvalue weighted by Gasteiger charge is -2.20. The van der Waals surface area contributed by atoms with E-state index in [2.05, 4.69) is 4.72 Å². The Morgan fingerprint density at radius 1 is 1.08 bits per heavy atom. The second-order valence-electron chi connectivity index (χ2n) is 6.91. The third-order valence-corrected chi connectivity index (χ3v) is 6.68. The number of ether oxygens (including phenoxy) is 2. The number of sulfonamides is 1. The molecule has 0 unspecified atom stereocenters.